The van der Waals surface area contributed by atoms with E-state index in [1.54, 1.807) is 10.9 Å². The van der Waals surface area contributed by atoms with E-state index >= 15 is 0 Å². The molecule has 0 nitrogen and oxygen atoms in total. The molecule has 0 amide bonds. The molecule has 2 rings (SSSR count). The lowest BCUT2D eigenvalue weighted by Crippen LogP contribution is -2.50. The number of rotatable bonds is 4. The van der Waals surface area contributed by atoms with Crippen molar-refractivity contribution in [2.24, 2.45) is 0 Å². The molecule has 1 unspecified atom stereocenters. The largest absolute Gasteiger partial charge is 0.213 e. The molecule has 1 atom stereocenters. The van der Waals surface area contributed by atoms with Crippen LogP contribution in [0.5, 0.6) is 0 Å². The summed E-state index contributed by atoms with van der Waals surface area (Å²) in [5.41, 5.74) is 11.6. The molecule has 0 spiro atoms. The van der Waals surface area contributed by atoms with Crippen LogP contribution in [0.1, 0.15) is 53.6 Å². The molecule has 0 bridgehead atoms. The fourth-order valence-corrected chi connectivity index (χ4v) is 4.31. The Labute approximate surface area is 143 Å². The molecule has 23 heavy (non-hydrogen) atoms. The van der Waals surface area contributed by atoms with Gasteiger partial charge in [-0.25, -0.2) is 0 Å². The van der Waals surface area contributed by atoms with E-state index in [0.29, 0.717) is 12.5 Å². The second kappa shape index (κ2) is 6.95. The van der Waals surface area contributed by atoms with Gasteiger partial charge in [-0.05, 0) is 41.5 Å². The van der Waals surface area contributed by atoms with Crippen LogP contribution < -0.4 is 10.9 Å². The molecule has 122 valence electrons. The first-order valence-electron chi connectivity index (χ1n) is 8.91. The van der Waals surface area contributed by atoms with Crippen molar-refractivity contribution in [3.63, 3.8) is 0 Å². The molecule has 1 heteroatoms. The van der Waals surface area contributed by atoms with Crippen LogP contribution in [0.3, 0.4) is 0 Å². The predicted octanol–water partition coefficient (Wildman–Crippen LogP) is 4.95. The van der Waals surface area contributed by atoms with E-state index in [1.807, 2.05) is 0 Å². The Balaban J connectivity index is 2.75. The minimum Gasteiger partial charge on any atom is -0.0684 e. The minimum atomic E-state index is 0.487. The first kappa shape index (κ1) is 17.9. The van der Waals surface area contributed by atoms with Crippen LogP contribution in [0.2, 0.25) is 5.82 Å². The summed E-state index contributed by atoms with van der Waals surface area (Å²) in [6.45, 7) is 18.7. The van der Waals surface area contributed by atoms with Crippen molar-refractivity contribution in [3.05, 3.63) is 57.6 Å². The summed E-state index contributed by atoms with van der Waals surface area (Å²) in [6, 6.07) is 9.38. The van der Waals surface area contributed by atoms with Gasteiger partial charge in [0.25, 0.3) is 0 Å². The van der Waals surface area contributed by atoms with Gasteiger partial charge in [0.1, 0.15) is 0 Å². The van der Waals surface area contributed by atoms with Gasteiger partial charge in [-0.1, -0.05) is 94.7 Å². The highest BCUT2D eigenvalue weighted by molar-refractivity contribution is 6.87. The highest BCUT2D eigenvalue weighted by Gasteiger charge is 2.30. The van der Waals surface area contributed by atoms with Gasteiger partial charge in [-0.2, -0.15) is 0 Å². The quantitative estimate of drug-likeness (QED) is 0.701. The minimum absolute atomic E-state index is 0.487. The fourth-order valence-electron chi connectivity index (χ4n) is 4.31. The van der Waals surface area contributed by atoms with Gasteiger partial charge in [0.15, 0.2) is 0 Å². The van der Waals surface area contributed by atoms with E-state index in [9.17, 15) is 0 Å². The first-order chi connectivity index (χ1) is 10.8. The maximum Gasteiger partial charge on any atom is 0.213 e. The Morgan fingerprint density at radius 3 is 1.26 bits per heavy atom. The highest BCUT2D eigenvalue weighted by atomic mass is 14.1. The van der Waals surface area contributed by atoms with Crippen molar-refractivity contribution < 1.29 is 0 Å². The monoisotopic (exact) mass is 306 g/mol. The molecule has 0 fully saturated rings. The lowest BCUT2D eigenvalue weighted by Gasteiger charge is -2.28. The average molecular weight is 306 g/mol. The van der Waals surface area contributed by atoms with Gasteiger partial charge in [0.2, 0.25) is 6.71 Å². The zero-order valence-corrected chi connectivity index (χ0v) is 16.2. The third kappa shape index (κ3) is 3.55. The van der Waals surface area contributed by atoms with Crippen LogP contribution in [0.4, 0.5) is 0 Å². The second-order valence-corrected chi connectivity index (χ2v) is 7.49. The van der Waals surface area contributed by atoms with Crippen molar-refractivity contribution >= 4 is 17.6 Å². The van der Waals surface area contributed by atoms with E-state index < -0.39 is 0 Å². The molecule has 0 aliphatic heterocycles. The normalized spacial score (nSPS) is 12.3. The van der Waals surface area contributed by atoms with Crippen LogP contribution in [0, 0.1) is 41.5 Å². The maximum absolute atomic E-state index is 2.40. The maximum atomic E-state index is 2.40. The molecular formula is C22H31B. The van der Waals surface area contributed by atoms with Crippen LogP contribution in [-0.4, -0.2) is 6.71 Å². The van der Waals surface area contributed by atoms with Crippen molar-refractivity contribution in [2.75, 3.05) is 0 Å². The fraction of sp³-hybridized carbons (Fsp3) is 0.455. The number of hydrogen-bond acceptors (Lipinski definition) is 0. The summed E-state index contributed by atoms with van der Waals surface area (Å²) >= 11 is 0. The van der Waals surface area contributed by atoms with Gasteiger partial charge in [-0.15, -0.1) is 0 Å². The van der Waals surface area contributed by atoms with Gasteiger partial charge in [0.05, 0.1) is 0 Å². The summed E-state index contributed by atoms with van der Waals surface area (Å²) in [5, 5.41) is 0. The lowest BCUT2D eigenvalue weighted by atomic mass is 9.31. The van der Waals surface area contributed by atoms with Crippen molar-refractivity contribution in [2.45, 2.75) is 67.6 Å². The molecule has 2 aromatic rings. The molecule has 0 aliphatic carbocycles. The molecule has 0 saturated heterocycles. The van der Waals surface area contributed by atoms with Gasteiger partial charge < -0.3 is 0 Å². The highest BCUT2D eigenvalue weighted by Crippen LogP contribution is 2.21. The summed E-state index contributed by atoms with van der Waals surface area (Å²) in [6.07, 6.45) is 1.20. The van der Waals surface area contributed by atoms with E-state index in [-0.39, 0.29) is 0 Å². The Bertz CT molecular complexity index is 608. The number of benzene rings is 2. The zero-order chi connectivity index (χ0) is 17.3. The molecule has 0 aliphatic rings. The molecular weight excluding hydrogens is 275 g/mol. The molecule has 2 aromatic carbocycles. The van der Waals surface area contributed by atoms with E-state index in [0.717, 1.165) is 0 Å². The van der Waals surface area contributed by atoms with Gasteiger partial charge in [0, 0.05) is 0 Å². The van der Waals surface area contributed by atoms with Crippen molar-refractivity contribution in [1.82, 2.24) is 0 Å². The SMILES string of the molecule is CCC(C)B(c1c(C)cc(C)cc1C)c1c(C)cc(C)cc1C. The van der Waals surface area contributed by atoms with E-state index in [1.165, 1.54) is 39.8 Å². The second-order valence-electron chi connectivity index (χ2n) is 7.49. The van der Waals surface area contributed by atoms with Crippen molar-refractivity contribution in [1.29, 1.82) is 0 Å². The third-order valence-corrected chi connectivity index (χ3v) is 5.31. The summed E-state index contributed by atoms with van der Waals surface area (Å²) < 4.78 is 0. The topological polar surface area (TPSA) is 0 Å². The van der Waals surface area contributed by atoms with E-state index in [2.05, 4.69) is 79.7 Å². The standard InChI is InChI=1S/C22H31B/c1-9-20(8)23(21-16(4)10-14(2)11-17(21)5)22-18(6)12-15(3)13-19(22)7/h10-13,20H,9H2,1-8H3. The Kier molecular flexibility index (Phi) is 5.39. The van der Waals surface area contributed by atoms with Crippen LogP contribution in [0.25, 0.3) is 0 Å². The van der Waals surface area contributed by atoms with Crippen molar-refractivity contribution in [3.8, 4) is 0 Å². The average Bonchev–Trinajstić information content (AvgIpc) is 2.42. The predicted molar refractivity (Wildman–Crippen MR) is 106 cm³/mol. The Hall–Kier alpha value is -1.50. The lowest BCUT2D eigenvalue weighted by molar-refractivity contribution is 0.865. The summed E-state index contributed by atoms with van der Waals surface area (Å²) in [7, 11) is 0. The zero-order valence-electron chi connectivity index (χ0n) is 16.2. The summed E-state index contributed by atoms with van der Waals surface area (Å²) in [5.74, 6) is 0.634. The van der Waals surface area contributed by atoms with Crippen LogP contribution in [0.15, 0.2) is 24.3 Å². The first-order valence-corrected chi connectivity index (χ1v) is 8.91. The molecule has 0 N–H and O–H groups in total. The molecule has 0 saturated carbocycles. The third-order valence-electron chi connectivity index (χ3n) is 5.31. The number of aryl methyl sites for hydroxylation is 6. The van der Waals surface area contributed by atoms with Crippen LogP contribution >= 0.6 is 0 Å². The molecule has 0 radical (unpaired) electrons. The van der Waals surface area contributed by atoms with Crippen LogP contribution in [-0.2, 0) is 0 Å². The van der Waals surface area contributed by atoms with Gasteiger partial charge >= 0.3 is 0 Å². The Morgan fingerprint density at radius 1 is 0.696 bits per heavy atom. The van der Waals surface area contributed by atoms with E-state index in [4.69, 9.17) is 0 Å². The number of hydrogen-bond donors (Lipinski definition) is 0. The molecule has 0 heterocycles. The smallest absolute Gasteiger partial charge is 0.0684 e. The summed E-state index contributed by atoms with van der Waals surface area (Å²) in [4.78, 5) is 0. The Morgan fingerprint density at radius 2 is 1.00 bits per heavy atom. The molecule has 0 aromatic heterocycles. The van der Waals surface area contributed by atoms with Gasteiger partial charge in [-0.3, -0.25) is 0 Å².